The molecule has 25 heavy (non-hydrogen) atoms. The summed E-state index contributed by atoms with van der Waals surface area (Å²) in [5, 5.41) is 4.44. The van der Waals surface area contributed by atoms with Crippen molar-refractivity contribution >= 4 is 39.4 Å². The van der Waals surface area contributed by atoms with Crippen LogP contribution in [0.25, 0.3) is 0 Å². The number of imide groups is 1. The molecule has 8 heteroatoms. The number of amides is 4. The monoisotopic (exact) mass is 385 g/mol. The number of nitrogens with one attached hydrogen (secondary N) is 2. The van der Waals surface area contributed by atoms with Gasteiger partial charge in [-0.3, -0.25) is 15.0 Å². The number of carbonyl (C=O) groups is 3. The zero-order chi connectivity index (χ0) is 17.9. The average molecular weight is 386 g/mol. The standard InChI is InChI=1S/C17H27N3O3S2/c1-12-6-9-17(10-7-12)15(22)20(16(23)18-17)19-14(21)5-3-2-4-13-8-11-24-25-13/h12-13H,2-11H2,1H3,(H,18,23)(H,19,21). The van der Waals surface area contributed by atoms with Crippen LogP contribution >= 0.6 is 21.6 Å². The molecular formula is C17H27N3O3S2. The van der Waals surface area contributed by atoms with Crippen LogP contribution in [0.5, 0.6) is 0 Å². The highest BCUT2D eigenvalue weighted by molar-refractivity contribution is 8.77. The van der Waals surface area contributed by atoms with E-state index in [1.807, 2.05) is 21.6 Å². The summed E-state index contributed by atoms with van der Waals surface area (Å²) in [7, 11) is 3.88. The van der Waals surface area contributed by atoms with Crippen LogP contribution in [-0.2, 0) is 9.59 Å². The van der Waals surface area contributed by atoms with Crippen LogP contribution in [0.15, 0.2) is 0 Å². The number of unbranched alkanes of at least 4 members (excludes halogenated alkanes) is 1. The topological polar surface area (TPSA) is 78.5 Å². The fourth-order valence-corrected chi connectivity index (χ4v) is 6.75. The van der Waals surface area contributed by atoms with Gasteiger partial charge in [-0.2, -0.15) is 5.01 Å². The van der Waals surface area contributed by atoms with Crippen molar-refractivity contribution in [2.24, 2.45) is 5.92 Å². The summed E-state index contributed by atoms with van der Waals surface area (Å²) >= 11 is 0. The van der Waals surface area contributed by atoms with Crippen molar-refractivity contribution in [3.8, 4) is 0 Å². The van der Waals surface area contributed by atoms with E-state index in [-0.39, 0.29) is 11.8 Å². The fraction of sp³-hybridized carbons (Fsp3) is 0.824. The van der Waals surface area contributed by atoms with Crippen LogP contribution in [0, 0.1) is 5.92 Å². The molecule has 140 valence electrons. The van der Waals surface area contributed by atoms with E-state index in [4.69, 9.17) is 0 Å². The van der Waals surface area contributed by atoms with Crippen LogP contribution < -0.4 is 10.7 Å². The minimum absolute atomic E-state index is 0.252. The average Bonchev–Trinajstić information content (AvgIpc) is 3.18. The Kier molecular flexibility index (Phi) is 6.20. The van der Waals surface area contributed by atoms with Crippen LogP contribution in [-0.4, -0.2) is 39.4 Å². The predicted octanol–water partition coefficient (Wildman–Crippen LogP) is 3.23. The number of hydrogen-bond donors (Lipinski definition) is 2. The molecule has 0 aromatic heterocycles. The smallest absolute Gasteiger partial charge is 0.322 e. The van der Waals surface area contributed by atoms with Crippen molar-refractivity contribution in [3.05, 3.63) is 0 Å². The third-order valence-electron chi connectivity index (χ3n) is 5.43. The first kappa shape index (κ1) is 18.9. The fourth-order valence-electron chi connectivity index (χ4n) is 3.72. The lowest BCUT2D eigenvalue weighted by Crippen LogP contribution is -2.51. The van der Waals surface area contributed by atoms with E-state index in [1.165, 1.54) is 12.2 Å². The Bertz CT molecular complexity index is 529. The van der Waals surface area contributed by atoms with Gasteiger partial charge in [0.05, 0.1) is 0 Å². The maximum absolute atomic E-state index is 12.7. The van der Waals surface area contributed by atoms with Crippen LogP contribution in [0.2, 0.25) is 0 Å². The molecule has 0 aromatic carbocycles. The number of nitrogens with zero attached hydrogens (tertiary/aromatic N) is 1. The highest BCUT2D eigenvalue weighted by Gasteiger charge is 2.52. The molecular weight excluding hydrogens is 358 g/mol. The molecule has 1 aliphatic carbocycles. The molecule has 0 bridgehead atoms. The van der Waals surface area contributed by atoms with Gasteiger partial charge in [-0.25, -0.2) is 4.79 Å². The first-order chi connectivity index (χ1) is 12.0. The molecule has 2 N–H and O–H groups in total. The number of rotatable bonds is 6. The van der Waals surface area contributed by atoms with Crippen molar-refractivity contribution in [1.29, 1.82) is 0 Å². The molecule has 4 amide bonds. The van der Waals surface area contributed by atoms with E-state index >= 15 is 0 Å². The number of urea groups is 1. The Balaban J connectivity index is 1.43. The molecule has 1 atom stereocenters. The Morgan fingerprint density at radius 2 is 2.04 bits per heavy atom. The number of hydrogen-bond acceptors (Lipinski definition) is 5. The Labute approximate surface area is 157 Å². The highest BCUT2D eigenvalue weighted by atomic mass is 33.1. The maximum Gasteiger partial charge on any atom is 0.344 e. The van der Waals surface area contributed by atoms with E-state index in [0.717, 1.165) is 37.1 Å². The minimum atomic E-state index is -0.797. The summed E-state index contributed by atoms with van der Waals surface area (Å²) in [5.74, 6) is 1.26. The largest absolute Gasteiger partial charge is 0.344 e. The molecule has 1 unspecified atom stereocenters. The van der Waals surface area contributed by atoms with Crippen LogP contribution in [0.4, 0.5) is 4.79 Å². The van der Waals surface area contributed by atoms with Gasteiger partial charge in [0.1, 0.15) is 5.54 Å². The van der Waals surface area contributed by atoms with Gasteiger partial charge in [0.2, 0.25) is 5.91 Å². The lowest BCUT2D eigenvalue weighted by Gasteiger charge is -2.33. The molecule has 3 aliphatic rings. The summed E-state index contributed by atoms with van der Waals surface area (Å²) in [4.78, 5) is 36.9. The second-order valence-electron chi connectivity index (χ2n) is 7.44. The molecule has 2 heterocycles. The lowest BCUT2D eigenvalue weighted by atomic mass is 9.77. The Morgan fingerprint density at radius 3 is 2.72 bits per heavy atom. The summed E-state index contributed by atoms with van der Waals surface area (Å²) in [6.45, 7) is 2.16. The van der Waals surface area contributed by atoms with Gasteiger partial charge in [0, 0.05) is 17.4 Å². The first-order valence-corrected chi connectivity index (χ1v) is 11.6. The first-order valence-electron chi connectivity index (χ1n) is 9.25. The van der Waals surface area contributed by atoms with Crippen molar-refractivity contribution < 1.29 is 14.4 Å². The number of carbonyl (C=O) groups excluding carboxylic acids is 3. The summed E-state index contributed by atoms with van der Waals surface area (Å²) in [6.07, 6.45) is 7.69. The minimum Gasteiger partial charge on any atom is -0.322 e. The summed E-state index contributed by atoms with van der Waals surface area (Å²) < 4.78 is 0. The zero-order valence-corrected chi connectivity index (χ0v) is 16.3. The van der Waals surface area contributed by atoms with Crippen molar-refractivity contribution in [3.63, 3.8) is 0 Å². The Hall–Kier alpha value is -0.890. The third-order valence-corrected chi connectivity index (χ3v) is 8.44. The molecule has 1 spiro atoms. The van der Waals surface area contributed by atoms with Crippen molar-refractivity contribution in [2.45, 2.75) is 75.5 Å². The predicted molar refractivity (Wildman–Crippen MR) is 101 cm³/mol. The molecule has 0 radical (unpaired) electrons. The normalized spacial score (nSPS) is 32.3. The second kappa shape index (κ2) is 8.20. The van der Waals surface area contributed by atoms with Crippen molar-refractivity contribution in [1.82, 2.24) is 15.8 Å². The van der Waals surface area contributed by atoms with Gasteiger partial charge < -0.3 is 5.32 Å². The van der Waals surface area contributed by atoms with Gasteiger partial charge in [-0.15, -0.1) is 0 Å². The lowest BCUT2D eigenvalue weighted by molar-refractivity contribution is -0.140. The van der Waals surface area contributed by atoms with E-state index in [1.54, 1.807) is 0 Å². The number of hydrazine groups is 1. The molecule has 6 nitrogen and oxygen atoms in total. The third kappa shape index (κ3) is 4.45. The highest BCUT2D eigenvalue weighted by Crippen LogP contribution is 2.40. The van der Waals surface area contributed by atoms with E-state index in [2.05, 4.69) is 17.7 Å². The molecule has 2 saturated heterocycles. The second-order valence-corrected chi connectivity index (χ2v) is 10.2. The van der Waals surface area contributed by atoms with E-state index in [0.29, 0.717) is 30.4 Å². The van der Waals surface area contributed by atoms with Crippen LogP contribution in [0.3, 0.4) is 0 Å². The summed E-state index contributed by atoms with van der Waals surface area (Å²) in [6, 6.07) is -0.493. The molecule has 1 saturated carbocycles. The Morgan fingerprint density at radius 1 is 1.28 bits per heavy atom. The summed E-state index contributed by atoms with van der Waals surface area (Å²) in [5.41, 5.74) is 1.72. The van der Waals surface area contributed by atoms with Gasteiger partial charge in [-0.05, 0) is 50.9 Å². The van der Waals surface area contributed by atoms with Crippen LogP contribution in [0.1, 0.15) is 64.7 Å². The molecule has 3 fully saturated rings. The maximum atomic E-state index is 12.7. The van der Waals surface area contributed by atoms with E-state index < -0.39 is 11.6 Å². The van der Waals surface area contributed by atoms with Gasteiger partial charge in [0.25, 0.3) is 5.91 Å². The SMILES string of the molecule is CC1CCC2(CC1)NC(=O)N(NC(=O)CCCCC1CCSS1)C2=O. The molecule has 0 aromatic rings. The van der Waals surface area contributed by atoms with Gasteiger partial charge >= 0.3 is 6.03 Å². The zero-order valence-electron chi connectivity index (χ0n) is 14.7. The van der Waals surface area contributed by atoms with Gasteiger partial charge in [-0.1, -0.05) is 34.9 Å². The van der Waals surface area contributed by atoms with E-state index in [9.17, 15) is 14.4 Å². The molecule has 3 rings (SSSR count). The van der Waals surface area contributed by atoms with Gasteiger partial charge in [0.15, 0.2) is 0 Å². The van der Waals surface area contributed by atoms with Crippen molar-refractivity contribution in [2.75, 3.05) is 5.75 Å². The quantitative estimate of drug-likeness (QED) is 0.417. The molecule has 2 aliphatic heterocycles.